The van der Waals surface area contributed by atoms with Crippen LogP contribution in [0.3, 0.4) is 0 Å². The molecule has 2 N–H and O–H groups in total. The maximum absolute atomic E-state index is 14.4. The zero-order valence-corrected chi connectivity index (χ0v) is 13.0. The van der Waals surface area contributed by atoms with E-state index in [1.54, 1.807) is 11.5 Å². The molecule has 1 saturated heterocycles. The van der Waals surface area contributed by atoms with E-state index in [2.05, 4.69) is 4.90 Å². The van der Waals surface area contributed by atoms with Gasteiger partial charge in [0.05, 0.1) is 6.61 Å². The molecule has 23 heavy (non-hydrogen) atoms. The summed E-state index contributed by atoms with van der Waals surface area (Å²) >= 11 is 0. The normalized spacial score (nSPS) is 30.1. The molecule has 3 aliphatic rings. The van der Waals surface area contributed by atoms with E-state index in [-0.39, 0.29) is 16.8 Å². The van der Waals surface area contributed by atoms with Crippen molar-refractivity contribution in [1.29, 1.82) is 0 Å². The highest BCUT2D eigenvalue weighted by molar-refractivity contribution is 5.93. The number of hydrogen-bond acceptors (Lipinski definition) is 4. The molecule has 2 heterocycles. The summed E-state index contributed by atoms with van der Waals surface area (Å²) in [6.45, 7) is 3.14. The van der Waals surface area contributed by atoms with Crippen molar-refractivity contribution >= 4 is 5.91 Å². The quantitative estimate of drug-likeness (QED) is 0.645. The van der Waals surface area contributed by atoms with Gasteiger partial charge in [-0.2, -0.15) is 0 Å². The highest BCUT2D eigenvalue weighted by Gasteiger charge is 2.51. The van der Waals surface area contributed by atoms with E-state index in [9.17, 15) is 9.18 Å². The second kappa shape index (κ2) is 5.54. The summed E-state index contributed by atoms with van der Waals surface area (Å²) in [7, 11) is 0. The third-order valence-electron chi connectivity index (χ3n) is 5.88. The number of rotatable bonds is 2. The predicted octanol–water partition coefficient (Wildman–Crippen LogP) is 1.87. The lowest BCUT2D eigenvalue weighted by Crippen LogP contribution is -2.56. The molecule has 2 aliphatic heterocycles. The molecule has 0 radical (unpaired) electrons. The SMILES string of the molecule is O=C(NO)c1cc(F)c2c(c1)CCN(C1CCC13CCOC3)C2. The van der Waals surface area contributed by atoms with Gasteiger partial charge >= 0.3 is 0 Å². The molecule has 1 spiro atoms. The predicted molar refractivity (Wildman–Crippen MR) is 80.7 cm³/mol. The Kier molecular flexibility index (Phi) is 3.63. The number of halogens is 1. The molecular formula is C17H21FN2O3. The Morgan fingerprint density at radius 1 is 1.43 bits per heavy atom. The Morgan fingerprint density at radius 2 is 2.30 bits per heavy atom. The first kappa shape index (κ1) is 15.1. The Balaban J connectivity index is 1.57. The summed E-state index contributed by atoms with van der Waals surface area (Å²) in [4.78, 5) is 13.9. The Hall–Kier alpha value is -1.50. The fourth-order valence-corrected chi connectivity index (χ4v) is 4.44. The van der Waals surface area contributed by atoms with E-state index in [0.717, 1.165) is 44.6 Å². The summed E-state index contributed by atoms with van der Waals surface area (Å²) in [5.74, 6) is -1.03. The van der Waals surface area contributed by atoms with Crippen molar-refractivity contribution in [2.24, 2.45) is 5.41 Å². The minimum atomic E-state index is -0.671. The number of nitrogens with zero attached hydrogens (tertiary/aromatic N) is 1. The van der Waals surface area contributed by atoms with Gasteiger partial charge in [0.2, 0.25) is 0 Å². The average Bonchev–Trinajstić information content (AvgIpc) is 3.05. The van der Waals surface area contributed by atoms with Gasteiger partial charge in [-0.05, 0) is 43.4 Å². The largest absolute Gasteiger partial charge is 0.381 e. The van der Waals surface area contributed by atoms with E-state index in [4.69, 9.17) is 9.94 Å². The average molecular weight is 320 g/mol. The molecule has 2 atom stereocenters. The third-order valence-corrected chi connectivity index (χ3v) is 5.88. The van der Waals surface area contributed by atoms with Gasteiger partial charge in [-0.1, -0.05) is 0 Å². The van der Waals surface area contributed by atoms with E-state index in [1.165, 1.54) is 12.5 Å². The van der Waals surface area contributed by atoms with Crippen molar-refractivity contribution < 1.29 is 19.1 Å². The van der Waals surface area contributed by atoms with Gasteiger partial charge in [-0.15, -0.1) is 0 Å². The van der Waals surface area contributed by atoms with E-state index in [0.29, 0.717) is 18.2 Å². The van der Waals surface area contributed by atoms with Crippen LogP contribution in [0.25, 0.3) is 0 Å². The van der Waals surface area contributed by atoms with Crippen LogP contribution < -0.4 is 5.48 Å². The molecule has 5 nitrogen and oxygen atoms in total. The second-order valence-corrected chi connectivity index (χ2v) is 6.98. The summed E-state index contributed by atoms with van der Waals surface area (Å²) < 4.78 is 20.0. The molecule has 0 aromatic heterocycles. The lowest BCUT2D eigenvalue weighted by Gasteiger charge is -2.53. The van der Waals surface area contributed by atoms with Crippen LogP contribution in [0.1, 0.15) is 40.7 Å². The van der Waals surface area contributed by atoms with Crippen molar-refractivity contribution in [3.63, 3.8) is 0 Å². The molecule has 1 aromatic carbocycles. The smallest absolute Gasteiger partial charge is 0.274 e. The van der Waals surface area contributed by atoms with Crippen molar-refractivity contribution in [3.8, 4) is 0 Å². The summed E-state index contributed by atoms with van der Waals surface area (Å²) in [5, 5.41) is 8.71. The van der Waals surface area contributed by atoms with Gasteiger partial charge in [0.15, 0.2) is 0 Å². The molecular weight excluding hydrogens is 299 g/mol. The molecule has 2 unspecified atom stereocenters. The first-order chi connectivity index (χ1) is 11.1. The molecule has 0 bridgehead atoms. The fourth-order valence-electron chi connectivity index (χ4n) is 4.44. The van der Waals surface area contributed by atoms with Gasteiger partial charge in [0.1, 0.15) is 5.82 Å². The van der Waals surface area contributed by atoms with Crippen molar-refractivity contribution in [2.75, 3.05) is 19.8 Å². The summed E-state index contributed by atoms with van der Waals surface area (Å²) in [6.07, 6.45) is 4.20. The zero-order chi connectivity index (χ0) is 16.0. The lowest BCUT2D eigenvalue weighted by molar-refractivity contribution is -0.0391. The number of nitrogens with one attached hydrogen (secondary N) is 1. The molecule has 1 amide bonds. The highest BCUT2D eigenvalue weighted by atomic mass is 19.1. The van der Waals surface area contributed by atoms with Gasteiger partial charge in [0.25, 0.3) is 5.91 Å². The summed E-state index contributed by atoms with van der Waals surface area (Å²) in [6, 6.07) is 3.39. The standard InChI is InChI=1S/C17H21FN2O3/c18-14-8-12(16(21)19-22)7-11-2-5-20(9-13(11)14)15-1-3-17(15)4-6-23-10-17/h7-8,15,22H,1-6,9-10H2,(H,19,21). The van der Waals surface area contributed by atoms with Crippen molar-refractivity contribution in [2.45, 2.75) is 38.3 Å². The number of carbonyl (C=O) groups excluding carboxylic acids is 1. The van der Waals surface area contributed by atoms with Crippen LogP contribution in [-0.4, -0.2) is 41.8 Å². The van der Waals surface area contributed by atoms with E-state index >= 15 is 0 Å². The Bertz CT molecular complexity index is 643. The topological polar surface area (TPSA) is 61.8 Å². The molecule has 1 saturated carbocycles. The number of hydrogen-bond donors (Lipinski definition) is 2. The minimum absolute atomic E-state index is 0.168. The van der Waals surface area contributed by atoms with Crippen molar-refractivity contribution in [1.82, 2.24) is 10.4 Å². The van der Waals surface area contributed by atoms with Gasteiger partial charge in [0, 0.05) is 42.3 Å². The van der Waals surface area contributed by atoms with Crippen LogP contribution in [0.5, 0.6) is 0 Å². The number of benzene rings is 1. The number of amides is 1. The highest BCUT2D eigenvalue weighted by Crippen LogP contribution is 2.50. The van der Waals surface area contributed by atoms with Crippen LogP contribution in [-0.2, 0) is 17.7 Å². The maximum atomic E-state index is 14.4. The first-order valence-corrected chi connectivity index (χ1v) is 8.20. The minimum Gasteiger partial charge on any atom is -0.381 e. The molecule has 4 rings (SSSR count). The second-order valence-electron chi connectivity index (χ2n) is 6.98. The van der Waals surface area contributed by atoms with Gasteiger partial charge in [-0.25, -0.2) is 9.87 Å². The maximum Gasteiger partial charge on any atom is 0.274 e. The van der Waals surface area contributed by atoms with Crippen LogP contribution >= 0.6 is 0 Å². The van der Waals surface area contributed by atoms with Gasteiger partial charge in [-0.3, -0.25) is 14.9 Å². The molecule has 6 heteroatoms. The molecule has 1 aliphatic carbocycles. The number of ether oxygens (including phenoxy) is 1. The van der Waals surface area contributed by atoms with E-state index < -0.39 is 5.91 Å². The van der Waals surface area contributed by atoms with Crippen LogP contribution in [0.2, 0.25) is 0 Å². The number of hydroxylamine groups is 1. The molecule has 1 aromatic rings. The molecule has 124 valence electrons. The van der Waals surface area contributed by atoms with Gasteiger partial charge < -0.3 is 4.74 Å². The molecule has 2 fully saturated rings. The number of carbonyl (C=O) groups is 1. The Labute approximate surface area is 134 Å². The van der Waals surface area contributed by atoms with E-state index in [1.807, 2.05) is 0 Å². The van der Waals surface area contributed by atoms with Crippen LogP contribution in [0, 0.1) is 11.2 Å². The van der Waals surface area contributed by atoms with Crippen molar-refractivity contribution in [3.05, 3.63) is 34.6 Å². The first-order valence-electron chi connectivity index (χ1n) is 8.20. The summed E-state index contributed by atoms with van der Waals surface area (Å²) in [5.41, 5.74) is 3.57. The Morgan fingerprint density at radius 3 is 2.96 bits per heavy atom. The zero-order valence-electron chi connectivity index (χ0n) is 13.0. The monoisotopic (exact) mass is 320 g/mol. The third kappa shape index (κ3) is 2.36. The van der Waals surface area contributed by atoms with Crippen LogP contribution in [0.4, 0.5) is 4.39 Å². The lowest BCUT2D eigenvalue weighted by atomic mass is 9.63. The number of fused-ring (bicyclic) bond motifs is 1. The fraction of sp³-hybridized carbons (Fsp3) is 0.588. The van der Waals surface area contributed by atoms with Crippen LogP contribution in [0.15, 0.2) is 12.1 Å².